The second-order valence-corrected chi connectivity index (χ2v) is 1.67. The van der Waals surface area contributed by atoms with E-state index in [1.54, 1.807) is 0 Å². The van der Waals surface area contributed by atoms with E-state index in [1.807, 2.05) is 0 Å². The first-order chi connectivity index (χ1) is 4.63. The largest absolute Gasteiger partial charge is 0.343 e. The lowest BCUT2D eigenvalue weighted by Crippen LogP contribution is -2.32. The molecule has 0 saturated carbocycles. The summed E-state index contributed by atoms with van der Waals surface area (Å²) in [5.41, 5.74) is 0. The summed E-state index contributed by atoms with van der Waals surface area (Å²) in [6.45, 7) is 3.09. The predicted octanol–water partition coefficient (Wildman–Crippen LogP) is 0.585. The van der Waals surface area contributed by atoms with Crippen LogP contribution < -0.4 is 5.32 Å². The molecule has 0 aromatic heterocycles. The van der Waals surface area contributed by atoms with Gasteiger partial charge in [0.25, 0.3) is 0 Å². The van der Waals surface area contributed by atoms with Crippen molar-refractivity contribution in [2.45, 2.75) is 0 Å². The zero-order chi connectivity index (χ0) is 7.72. The van der Waals surface area contributed by atoms with Gasteiger partial charge < -0.3 is 5.32 Å². The van der Waals surface area contributed by atoms with Gasteiger partial charge in [0.15, 0.2) is 0 Å². The van der Waals surface area contributed by atoms with Gasteiger partial charge >= 0.3 is 5.91 Å². The molecule has 0 saturated heterocycles. The number of rotatable bonds is 0. The van der Waals surface area contributed by atoms with Crippen molar-refractivity contribution in [3.05, 3.63) is 24.4 Å². The average Bonchev–Trinajstić information content (AvgIpc) is 1.93. The molecular weight excluding hydrogens is 142 g/mol. The fraction of sp³-hybridized carbons (Fsp3) is 0. The third-order valence-corrected chi connectivity index (χ3v) is 0.985. The number of nitrogens with one attached hydrogen (secondary N) is 1. The molecule has 1 aliphatic rings. The fourth-order valence-corrected chi connectivity index (χ4v) is 0.481. The molecule has 0 radical (unpaired) electrons. The van der Waals surface area contributed by atoms with Crippen molar-refractivity contribution in [1.29, 1.82) is 0 Å². The minimum atomic E-state index is -1.33. The number of hydrogen-bond acceptors (Lipinski definition) is 2. The number of amides is 1. The topological polar surface area (TPSA) is 32.3 Å². The predicted molar refractivity (Wildman–Crippen MR) is 29.4 cm³/mol. The highest BCUT2D eigenvalue weighted by atomic mass is 19.2. The Balaban J connectivity index is 2.91. The van der Waals surface area contributed by atoms with Gasteiger partial charge in [0.1, 0.15) is 5.82 Å². The molecule has 54 valence electrons. The lowest BCUT2D eigenvalue weighted by molar-refractivity contribution is -0.140. The van der Waals surface area contributed by atoms with Crippen molar-refractivity contribution >= 4 is 5.91 Å². The zero-order valence-electron chi connectivity index (χ0n) is 4.90. The molecule has 0 bridgehead atoms. The summed E-state index contributed by atoms with van der Waals surface area (Å²) in [4.78, 5) is 10.3. The molecule has 10 heavy (non-hydrogen) atoms. The molecule has 1 rings (SSSR count). The highest BCUT2D eigenvalue weighted by molar-refractivity contribution is 5.92. The Hall–Kier alpha value is -1.39. The maximum Gasteiger partial charge on any atom is 0.317 e. The quantitative estimate of drug-likeness (QED) is 0.507. The van der Waals surface area contributed by atoms with Crippen LogP contribution in [0.25, 0.3) is 0 Å². The molecule has 0 atom stereocenters. The van der Waals surface area contributed by atoms with Crippen molar-refractivity contribution in [2.75, 3.05) is 0 Å². The van der Waals surface area contributed by atoms with Crippen LogP contribution in [-0.4, -0.2) is 11.0 Å². The molecule has 3 nitrogen and oxygen atoms in total. The van der Waals surface area contributed by atoms with Gasteiger partial charge in [-0.05, 0) is 0 Å². The van der Waals surface area contributed by atoms with Crippen LogP contribution >= 0.6 is 0 Å². The van der Waals surface area contributed by atoms with E-state index in [0.29, 0.717) is 0 Å². The SMILES string of the molecule is C=C1NC=C(F)C(=O)N1F. The minimum Gasteiger partial charge on any atom is -0.343 e. The third-order valence-electron chi connectivity index (χ3n) is 0.985. The molecule has 0 spiro atoms. The summed E-state index contributed by atoms with van der Waals surface area (Å²) in [6, 6.07) is 0. The highest BCUT2D eigenvalue weighted by Gasteiger charge is 2.24. The summed E-state index contributed by atoms with van der Waals surface area (Å²) in [5, 5.41) is 1.72. The molecule has 1 aliphatic heterocycles. The van der Waals surface area contributed by atoms with E-state index in [1.165, 1.54) is 0 Å². The first-order valence-electron chi connectivity index (χ1n) is 2.44. The normalized spacial score (nSPS) is 18.6. The van der Waals surface area contributed by atoms with Gasteiger partial charge in [0.2, 0.25) is 5.83 Å². The van der Waals surface area contributed by atoms with E-state index in [0.717, 1.165) is 6.20 Å². The summed E-state index contributed by atoms with van der Waals surface area (Å²) in [6.07, 6.45) is 0.751. The van der Waals surface area contributed by atoms with Crippen molar-refractivity contribution in [1.82, 2.24) is 10.4 Å². The van der Waals surface area contributed by atoms with Crippen LogP contribution in [-0.2, 0) is 4.79 Å². The van der Waals surface area contributed by atoms with E-state index >= 15 is 0 Å². The van der Waals surface area contributed by atoms with Gasteiger partial charge in [-0.3, -0.25) is 4.79 Å². The molecule has 1 amide bonds. The number of nitrogens with zero attached hydrogens (tertiary/aromatic N) is 1. The maximum absolute atomic E-state index is 12.3. The first kappa shape index (κ1) is 6.73. The van der Waals surface area contributed by atoms with Crippen molar-refractivity contribution in [3.8, 4) is 0 Å². The Kier molecular flexibility index (Phi) is 1.41. The molecule has 5 heteroatoms. The number of halogens is 2. The maximum atomic E-state index is 12.3. The Morgan fingerprint density at radius 3 is 2.80 bits per heavy atom. The van der Waals surface area contributed by atoms with E-state index in [4.69, 9.17) is 0 Å². The fourth-order valence-electron chi connectivity index (χ4n) is 0.481. The molecule has 1 heterocycles. The lowest BCUT2D eigenvalue weighted by atomic mass is 10.4. The summed E-state index contributed by atoms with van der Waals surface area (Å²) in [7, 11) is 0. The highest BCUT2D eigenvalue weighted by Crippen LogP contribution is 2.12. The Morgan fingerprint density at radius 2 is 2.30 bits per heavy atom. The van der Waals surface area contributed by atoms with Gasteiger partial charge in [0, 0.05) is 6.20 Å². The van der Waals surface area contributed by atoms with Gasteiger partial charge in [-0.25, -0.2) is 0 Å². The lowest BCUT2D eigenvalue weighted by Gasteiger charge is -2.17. The van der Waals surface area contributed by atoms with Gasteiger partial charge in [0.05, 0.1) is 0 Å². The Bertz CT molecular complexity index is 224. The van der Waals surface area contributed by atoms with Crippen LogP contribution in [0.4, 0.5) is 8.87 Å². The van der Waals surface area contributed by atoms with Crippen LogP contribution in [0.3, 0.4) is 0 Å². The smallest absolute Gasteiger partial charge is 0.317 e. The first-order valence-corrected chi connectivity index (χ1v) is 2.44. The van der Waals surface area contributed by atoms with Crippen molar-refractivity contribution in [2.24, 2.45) is 0 Å². The third kappa shape index (κ3) is 0.854. The van der Waals surface area contributed by atoms with Gasteiger partial charge in [-0.2, -0.15) is 4.39 Å². The second-order valence-electron chi connectivity index (χ2n) is 1.67. The average molecular weight is 146 g/mol. The van der Waals surface area contributed by atoms with E-state index in [2.05, 4.69) is 11.9 Å². The molecule has 0 aromatic carbocycles. The number of carbonyl (C=O) groups is 1. The van der Waals surface area contributed by atoms with Gasteiger partial charge in [-0.15, -0.1) is 5.12 Å². The van der Waals surface area contributed by atoms with Crippen LogP contribution in [0.2, 0.25) is 0 Å². The van der Waals surface area contributed by atoms with E-state index in [9.17, 15) is 13.7 Å². The monoisotopic (exact) mass is 146 g/mol. The standard InChI is InChI=1S/C5H4F2N2O/c1-3-8-2-4(6)5(10)9(3)7/h2,8H,1H2. The molecule has 0 aromatic rings. The van der Waals surface area contributed by atoms with Crippen LogP contribution in [0.1, 0.15) is 0 Å². The molecule has 0 unspecified atom stereocenters. The Labute approximate surface area is 55.6 Å². The van der Waals surface area contributed by atoms with Crippen molar-refractivity contribution in [3.63, 3.8) is 0 Å². The van der Waals surface area contributed by atoms with Crippen molar-refractivity contribution < 1.29 is 13.7 Å². The minimum absolute atomic E-state index is 0.286. The van der Waals surface area contributed by atoms with E-state index in [-0.39, 0.29) is 5.82 Å². The molecule has 0 fully saturated rings. The molecule has 0 aliphatic carbocycles. The summed E-state index contributed by atoms with van der Waals surface area (Å²) in [5.74, 6) is -2.79. The van der Waals surface area contributed by atoms with Gasteiger partial charge in [-0.1, -0.05) is 11.1 Å². The Morgan fingerprint density at radius 1 is 1.70 bits per heavy atom. The summed E-state index contributed by atoms with van der Waals surface area (Å²) >= 11 is 0. The molecular formula is C5H4F2N2O. The van der Waals surface area contributed by atoms with E-state index < -0.39 is 16.9 Å². The van der Waals surface area contributed by atoms with Crippen LogP contribution in [0.15, 0.2) is 24.4 Å². The van der Waals surface area contributed by atoms with Crippen LogP contribution in [0.5, 0.6) is 0 Å². The zero-order valence-corrected chi connectivity index (χ0v) is 4.90. The summed E-state index contributed by atoms with van der Waals surface area (Å²) < 4.78 is 24.4. The number of hydrogen-bond donors (Lipinski definition) is 1. The van der Waals surface area contributed by atoms with Crippen LogP contribution in [0, 0.1) is 0 Å². The molecule has 1 N–H and O–H groups in total. The number of carbonyl (C=O) groups excluding carboxylic acids is 1. The second kappa shape index (κ2) is 2.09.